The number of nitrogens with zero attached hydrogens (tertiary/aromatic N) is 4. The van der Waals surface area contributed by atoms with Gasteiger partial charge in [-0.05, 0) is 38.1 Å². The lowest BCUT2D eigenvalue weighted by Gasteiger charge is -2.29. The fourth-order valence-corrected chi connectivity index (χ4v) is 1.95. The van der Waals surface area contributed by atoms with Crippen LogP contribution in [-0.4, -0.2) is 21.6 Å². The molecule has 0 fully saturated rings. The second kappa shape index (κ2) is 4.87. The van der Waals surface area contributed by atoms with Gasteiger partial charge in [-0.15, -0.1) is 0 Å². The van der Waals surface area contributed by atoms with E-state index in [0.29, 0.717) is 22.8 Å². The molecule has 21 heavy (non-hydrogen) atoms. The average Bonchev–Trinajstić information content (AvgIpc) is 2.47. The van der Waals surface area contributed by atoms with Crippen molar-refractivity contribution in [3.8, 4) is 17.8 Å². The van der Waals surface area contributed by atoms with Crippen molar-refractivity contribution in [3.63, 3.8) is 0 Å². The molecule has 1 aromatic heterocycles. The molecule has 0 unspecified atom stereocenters. The van der Waals surface area contributed by atoms with Crippen molar-refractivity contribution in [2.75, 3.05) is 0 Å². The van der Waals surface area contributed by atoms with Gasteiger partial charge in [-0.1, -0.05) is 0 Å². The SMILES string of the molecule is CC1(C)N=C(Oc2ncccn2)c2cc(C#N)ccc2O1. The van der Waals surface area contributed by atoms with Gasteiger partial charge in [-0.3, -0.25) is 0 Å². The molecule has 0 aliphatic carbocycles. The Hall–Kier alpha value is -2.94. The third-order valence-corrected chi connectivity index (χ3v) is 2.80. The van der Waals surface area contributed by atoms with Crippen molar-refractivity contribution in [1.29, 1.82) is 5.26 Å². The molecule has 0 bridgehead atoms. The Balaban J connectivity index is 2.05. The van der Waals surface area contributed by atoms with E-state index >= 15 is 0 Å². The minimum absolute atomic E-state index is 0.197. The number of benzene rings is 1. The van der Waals surface area contributed by atoms with Gasteiger partial charge in [0.25, 0.3) is 0 Å². The zero-order valence-electron chi connectivity index (χ0n) is 11.6. The van der Waals surface area contributed by atoms with Crippen LogP contribution in [0.15, 0.2) is 41.7 Å². The summed E-state index contributed by atoms with van der Waals surface area (Å²) in [4.78, 5) is 12.4. The van der Waals surface area contributed by atoms with Crippen LogP contribution in [0.5, 0.6) is 11.8 Å². The topological polar surface area (TPSA) is 80.4 Å². The minimum Gasteiger partial charge on any atom is -0.466 e. The van der Waals surface area contributed by atoms with E-state index in [1.54, 1.807) is 36.7 Å². The quantitative estimate of drug-likeness (QED) is 0.800. The monoisotopic (exact) mass is 280 g/mol. The molecule has 0 spiro atoms. The van der Waals surface area contributed by atoms with Crippen LogP contribution in [-0.2, 0) is 0 Å². The number of ether oxygens (including phenoxy) is 2. The average molecular weight is 280 g/mol. The molecule has 0 amide bonds. The smallest absolute Gasteiger partial charge is 0.323 e. The number of hydrogen-bond donors (Lipinski definition) is 0. The molecule has 0 N–H and O–H groups in total. The Labute approximate surface area is 121 Å². The molecule has 2 heterocycles. The number of rotatable bonds is 1. The fraction of sp³-hybridized carbons (Fsp3) is 0.200. The molecule has 2 aromatic rings. The Morgan fingerprint density at radius 1 is 1.24 bits per heavy atom. The highest BCUT2D eigenvalue weighted by molar-refractivity contribution is 5.99. The molecule has 6 nitrogen and oxygen atoms in total. The van der Waals surface area contributed by atoms with Gasteiger partial charge in [0, 0.05) is 12.4 Å². The molecule has 1 aliphatic heterocycles. The van der Waals surface area contributed by atoms with Crippen molar-refractivity contribution >= 4 is 5.90 Å². The van der Waals surface area contributed by atoms with Crippen molar-refractivity contribution in [2.45, 2.75) is 19.6 Å². The maximum absolute atomic E-state index is 9.02. The summed E-state index contributed by atoms with van der Waals surface area (Å²) in [6.45, 7) is 3.65. The first-order valence-electron chi connectivity index (χ1n) is 6.36. The van der Waals surface area contributed by atoms with E-state index in [2.05, 4.69) is 21.0 Å². The van der Waals surface area contributed by atoms with Crippen molar-refractivity contribution in [3.05, 3.63) is 47.8 Å². The summed E-state index contributed by atoms with van der Waals surface area (Å²) >= 11 is 0. The Bertz CT molecular complexity index is 748. The second-order valence-electron chi connectivity index (χ2n) is 4.92. The van der Waals surface area contributed by atoms with Gasteiger partial charge in [-0.25, -0.2) is 15.0 Å². The minimum atomic E-state index is -0.759. The van der Waals surface area contributed by atoms with Crippen LogP contribution < -0.4 is 9.47 Å². The van der Waals surface area contributed by atoms with Crippen LogP contribution in [0.25, 0.3) is 0 Å². The van der Waals surface area contributed by atoms with E-state index in [1.807, 2.05) is 13.8 Å². The molecule has 0 saturated carbocycles. The fourth-order valence-electron chi connectivity index (χ4n) is 1.95. The van der Waals surface area contributed by atoms with E-state index in [-0.39, 0.29) is 6.01 Å². The summed E-state index contributed by atoms with van der Waals surface area (Å²) in [6, 6.07) is 9.08. The lowest BCUT2D eigenvalue weighted by atomic mass is 10.1. The Kier molecular flexibility index (Phi) is 3.03. The van der Waals surface area contributed by atoms with Gasteiger partial charge in [0.05, 0.1) is 17.2 Å². The second-order valence-corrected chi connectivity index (χ2v) is 4.92. The number of hydrogen-bond acceptors (Lipinski definition) is 6. The molecule has 104 valence electrons. The van der Waals surface area contributed by atoms with Gasteiger partial charge >= 0.3 is 6.01 Å². The van der Waals surface area contributed by atoms with Crippen molar-refractivity contribution < 1.29 is 9.47 Å². The van der Waals surface area contributed by atoms with E-state index in [9.17, 15) is 0 Å². The van der Waals surface area contributed by atoms with Crippen LogP contribution >= 0.6 is 0 Å². The van der Waals surface area contributed by atoms with E-state index in [0.717, 1.165) is 0 Å². The summed E-state index contributed by atoms with van der Waals surface area (Å²) in [7, 11) is 0. The standard InChI is InChI=1S/C15H12N4O2/c1-15(2)19-13(20-14-17-6-3-7-18-14)11-8-10(9-16)4-5-12(11)21-15/h3-8H,1-2H3. The largest absolute Gasteiger partial charge is 0.466 e. The number of fused-ring (bicyclic) bond motifs is 1. The summed E-state index contributed by atoms with van der Waals surface area (Å²) in [5, 5.41) is 9.02. The van der Waals surface area contributed by atoms with Gasteiger partial charge in [0.2, 0.25) is 5.90 Å². The number of aromatic nitrogens is 2. The molecule has 0 radical (unpaired) electrons. The van der Waals surface area contributed by atoms with Gasteiger partial charge in [0.15, 0.2) is 5.72 Å². The normalized spacial score (nSPS) is 15.2. The Morgan fingerprint density at radius 3 is 2.71 bits per heavy atom. The molecule has 1 aromatic carbocycles. The maximum Gasteiger partial charge on any atom is 0.323 e. The zero-order chi connectivity index (χ0) is 14.9. The number of nitriles is 1. The third kappa shape index (κ3) is 2.67. The van der Waals surface area contributed by atoms with Crippen LogP contribution in [0, 0.1) is 11.3 Å². The maximum atomic E-state index is 9.02. The molecule has 0 atom stereocenters. The summed E-state index contributed by atoms with van der Waals surface area (Å²) in [5.41, 5.74) is 0.355. The van der Waals surface area contributed by atoms with Crippen molar-refractivity contribution in [2.24, 2.45) is 4.99 Å². The van der Waals surface area contributed by atoms with Crippen LogP contribution in [0.2, 0.25) is 0 Å². The molecular formula is C15H12N4O2. The van der Waals surface area contributed by atoms with Crippen LogP contribution in [0.4, 0.5) is 0 Å². The highest BCUT2D eigenvalue weighted by atomic mass is 16.5. The summed E-state index contributed by atoms with van der Waals surface area (Å²) in [5.74, 6) is 0.949. The molecule has 6 heteroatoms. The highest BCUT2D eigenvalue weighted by Crippen LogP contribution is 2.31. The van der Waals surface area contributed by atoms with Gasteiger partial charge < -0.3 is 9.47 Å². The van der Waals surface area contributed by atoms with E-state index in [1.165, 1.54) is 0 Å². The van der Waals surface area contributed by atoms with Crippen LogP contribution in [0.3, 0.4) is 0 Å². The molecule has 0 saturated heterocycles. The first kappa shape index (κ1) is 13.1. The van der Waals surface area contributed by atoms with Gasteiger partial charge in [-0.2, -0.15) is 5.26 Å². The predicted octanol–water partition coefficient (Wildman–Crippen LogP) is 2.30. The number of aliphatic imine (C=N–C) groups is 1. The molecule has 1 aliphatic rings. The van der Waals surface area contributed by atoms with E-state index < -0.39 is 5.72 Å². The van der Waals surface area contributed by atoms with Crippen molar-refractivity contribution in [1.82, 2.24) is 9.97 Å². The third-order valence-electron chi connectivity index (χ3n) is 2.80. The molecule has 3 rings (SSSR count). The first-order chi connectivity index (χ1) is 10.1. The molecular weight excluding hydrogens is 268 g/mol. The van der Waals surface area contributed by atoms with E-state index in [4.69, 9.17) is 14.7 Å². The summed E-state index contributed by atoms with van der Waals surface area (Å²) < 4.78 is 11.4. The van der Waals surface area contributed by atoms with Gasteiger partial charge in [0.1, 0.15) is 5.75 Å². The van der Waals surface area contributed by atoms with Crippen LogP contribution in [0.1, 0.15) is 25.0 Å². The summed E-state index contributed by atoms with van der Waals surface area (Å²) in [6.07, 6.45) is 3.17. The predicted molar refractivity (Wildman–Crippen MR) is 75.1 cm³/mol. The lowest BCUT2D eigenvalue weighted by Crippen LogP contribution is -2.34. The lowest BCUT2D eigenvalue weighted by molar-refractivity contribution is 0.111. The Morgan fingerprint density at radius 2 is 2.00 bits per heavy atom. The first-order valence-corrected chi connectivity index (χ1v) is 6.36. The highest BCUT2D eigenvalue weighted by Gasteiger charge is 2.30. The zero-order valence-corrected chi connectivity index (χ0v) is 11.6.